The second-order valence-electron chi connectivity index (χ2n) is 4.76. The second kappa shape index (κ2) is 10.0. The number of likely N-dealkylation sites (N-methyl/N-ethyl adjacent to an activating group) is 1. The Kier molecular flexibility index (Phi) is 8.02. The Balaban J connectivity index is 2.87. The number of carbonyl (C=O) groups is 2. The van der Waals surface area contributed by atoms with Crippen molar-refractivity contribution in [2.24, 2.45) is 0 Å². The third-order valence-corrected chi connectivity index (χ3v) is 3.16. The molecule has 0 aromatic heterocycles. The van der Waals surface area contributed by atoms with Gasteiger partial charge in [0.15, 0.2) is 0 Å². The Morgan fingerprint density at radius 3 is 2.79 bits per heavy atom. The van der Waals surface area contributed by atoms with E-state index in [1.807, 2.05) is 0 Å². The minimum absolute atomic E-state index is 0.101. The van der Waals surface area contributed by atoms with Crippen LogP contribution in [0.5, 0.6) is 5.75 Å². The zero-order valence-corrected chi connectivity index (χ0v) is 14.3. The predicted octanol–water partition coefficient (Wildman–Crippen LogP) is 1.51. The second-order valence-corrected chi connectivity index (χ2v) is 5.53. The molecule has 6 nitrogen and oxygen atoms in total. The first-order valence-corrected chi connectivity index (χ1v) is 7.81. The van der Waals surface area contributed by atoms with Gasteiger partial charge in [0.05, 0.1) is 6.54 Å². The summed E-state index contributed by atoms with van der Waals surface area (Å²) in [6.45, 7) is 3.65. The summed E-state index contributed by atoms with van der Waals surface area (Å²) in [5.41, 5.74) is 0.867. The van der Waals surface area contributed by atoms with Crippen LogP contribution in [0.1, 0.15) is 5.56 Å². The zero-order chi connectivity index (χ0) is 17.9. The molecule has 0 atom stereocenters. The molecule has 7 heteroatoms. The molecule has 0 bridgehead atoms. The first-order valence-electron chi connectivity index (χ1n) is 6.93. The van der Waals surface area contributed by atoms with E-state index in [1.54, 1.807) is 32.3 Å². The smallest absolute Gasteiger partial charge is 0.271 e. The molecule has 0 aliphatic heterocycles. The number of aromatic hydroxyl groups is 1. The molecular formula is C17H19N3O3S. The van der Waals surface area contributed by atoms with Gasteiger partial charge < -0.3 is 19.6 Å². The highest BCUT2D eigenvalue weighted by atomic mass is 32.2. The van der Waals surface area contributed by atoms with E-state index in [-0.39, 0.29) is 23.9 Å². The van der Waals surface area contributed by atoms with Crippen molar-refractivity contribution in [1.29, 1.82) is 0 Å². The Morgan fingerprint density at radius 1 is 1.46 bits per heavy atom. The van der Waals surface area contributed by atoms with Gasteiger partial charge in [-0.25, -0.2) is 0 Å². The molecule has 0 radical (unpaired) electrons. The van der Waals surface area contributed by atoms with Crippen LogP contribution in [-0.4, -0.2) is 47.9 Å². The highest BCUT2D eigenvalue weighted by Crippen LogP contribution is 2.09. The van der Waals surface area contributed by atoms with Crippen molar-refractivity contribution in [3.8, 4) is 17.6 Å². The fraction of sp³-hybridized carbons (Fsp3) is 0.176. The van der Waals surface area contributed by atoms with Crippen LogP contribution in [0.3, 0.4) is 0 Å². The number of nitrogens with zero attached hydrogens (tertiary/aromatic N) is 2. The fourth-order valence-electron chi connectivity index (χ4n) is 1.57. The molecule has 0 fully saturated rings. The highest BCUT2D eigenvalue weighted by Gasteiger charge is 2.12. The summed E-state index contributed by atoms with van der Waals surface area (Å²) < 4.78 is 2.82. The van der Waals surface area contributed by atoms with Gasteiger partial charge in [-0.05, 0) is 35.6 Å². The molecule has 2 N–H and O–H groups in total. The van der Waals surface area contributed by atoms with Crippen molar-refractivity contribution < 1.29 is 14.7 Å². The molecule has 2 amide bonds. The molecule has 0 heterocycles. The monoisotopic (exact) mass is 345 g/mol. The molecule has 0 aliphatic rings. The van der Waals surface area contributed by atoms with Crippen LogP contribution in [0.2, 0.25) is 0 Å². The van der Waals surface area contributed by atoms with Gasteiger partial charge >= 0.3 is 0 Å². The highest BCUT2D eigenvalue weighted by molar-refractivity contribution is 8.00. The topological polar surface area (TPSA) is 72.9 Å². The van der Waals surface area contributed by atoms with Gasteiger partial charge in [0, 0.05) is 25.9 Å². The van der Waals surface area contributed by atoms with E-state index in [1.165, 1.54) is 27.5 Å². The number of hydrogen-bond donors (Lipinski definition) is 2. The number of amides is 2. The summed E-state index contributed by atoms with van der Waals surface area (Å²) in [6.07, 6.45) is 1.98. The van der Waals surface area contributed by atoms with Crippen molar-refractivity contribution in [3.05, 3.63) is 53.7 Å². The lowest BCUT2D eigenvalue weighted by Gasteiger charge is -2.16. The van der Waals surface area contributed by atoms with E-state index in [0.29, 0.717) is 12.0 Å². The zero-order valence-electron chi connectivity index (χ0n) is 13.5. The molecule has 1 aromatic rings. The van der Waals surface area contributed by atoms with E-state index in [0.717, 1.165) is 11.9 Å². The third-order valence-electron chi connectivity index (χ3n) is 2.66. The number of hydrogen-bond acceptors (Lipinski definition) is 5. The van der Waals surface area contributed by atoms with Gasteiger partial charge in [0.1, 0.15) is 11.4 Å². The van der Waals surface area contributed by atoms with Gasteiger partial charge in [-0.2, -0.15) is 0 Å². The predicted molar refractivity (Wildman–Crippen MR) is 95.5 cm³/mol. The van der Waals surface area contributed by atoms with Crippen LogP contribution >= 0.6 is 11.9 Å². The van der Waals surface area contributed by atoms with Crippen LogP contribution in [0.15, 0.2) is 48.1 Å². The number of benzene rings is 1. The minimum Gasteiger partial charge on any atom is -0.508 e. The molecule has 0 saturated heterocycles. The Morgan fingerprint density at radius 2 is 2.21 bits per heavy atom. The Hall–Kier alpha value is -2.85. The van der Waals surface area contributed by atoms with Gasteiger partial charge in [0.25, 0.3) is 5.91 Å². The van der Waals surface area contributed by atoms with Crippen LogP contribution in [0, 0.1) is 11.8 Å². The lowest BCUT2D eigenvalue weighted by Crippen LogP contribution is -2.30. The van der Waals surface area contributed by atoms with Gasteiger partial charge in [-0.15, -0.1) is 0 Å². The summed E-state index contributed by atoms with van der Waals surface area (Å²) in [7, 11) is 3.23. The molecule has 0 saturated carbocycles. The summed E-state index contributed by atoms with van der Waals surface area (Å²) in [5, 5.41) is 10.9. The summed E-state index contributed by atoms with van der Waals surface area (Å²) >= 11 is 1.13. The fourth-order valence-corrected chi connectivity index (χ4v) is 1.92. The maximum atomic E-state index is 12.1. The van der Waals surface area contributed by atoms with E-state index in [2.05, 4.69) is 23.1 Å². The maximum absolute atomic E-state index is 12.1. The van der Waals surface area contributed by atoms with Crippen LogP contribution in [0.25, 0.3) is 0 Å². The number of rotatable bonds is 7. The quantitative estimate of drug-likeness (QED) is 0.339. The third kappa shape index (κ3) is 6.50. The lowest BCUT2D eigenvalue weighted by molar-refractivity contribution is -0.125. The van der Waals surface area contributed by atoms with Crippen molar-refractivity contribution in [3.63, 3.8) is 0 Å². The minimum atomic E-state index is -0.280. The van der Waals surface area contributed by atoms with Crippen LogP contribution < -0.4 is 4.72 Å². The van der Waals surface area contributed by atoms with E-state index >= 15 is 0 Å². The number of nitrogens with one attached hydrogen (secondary N) is 1. The molecule has 126 valence electrons. The molecule has 1 rings (SSSR count). The maximum Gasteiger partial charge on any atom is 0.271 e. The van der Waals surface area contributed by atoms with Gasteiger partial charge in [0.2, 0.25) is 6.41 Å². The first kappa shape index (κ1) is 19.2. The molecule has 0 unspecified atom stereocenters. The average molecular weight is 345 g/mol. The first-order chi connectivity index (χ1) is 11.5. The molecule has 24 heavy (non-hydrogen) atoms. The van der Waals surface area contributed by atoms with Gasteiger partial charge in [-0.1, -0.05) is 24.5 Å². The molecule has 1 aromatic carbocycles. The molecular weight excluding hydrogens is 326 g/mol. The Bertz CT molecular complexity index is 690. The normalized spacial score (nSPS) is 10.2. The average Bonchev–Trinajstić information content (AvgIpc) is 2.56. The van der Waals surface area contributed by atoms with Crippen molar-refractivity contribution in [1.82, 2.24) is 14.5 Å². The van der Waals surface area contributed by atoms with Crippen LogP contribution in [0.4, 0.5) is 0 Å². The molecule has 0 spiro atoms. The number of carbonyl (C=O) groups excluding carboxylic acids is 2. The van der Waals surface area contributed by atoms with Crippen molar-refractivity contribution >= 4 is 24.3 Å². The number of phenols is 1. The standard InChI is InChI=1S/C17H19N3O3S/c1-4-24-18-16(17(23)19(2)3)12-20(13-21)10-6-8-14-7-5-9-15(22)11-14/h4-5,7,9,11-13,18,22H,1,10H2,2-3H3/b16-12+. The SMILES string of the molecule is C=CSN/C(=C/N(C=O)CC#Cc1cccc(O)c1)C(=O)N(C)C. The lowest BCUT2D eigenvalue weighted by atomic mass is 10.2. The largest absolute Gasteiger partial charge is 0.508 e. The van der Waals surface area contributed by atoms with E-state index < -0.39 is 0 Å². The molecule has 0 aliphatic carbocycles. The van der Waals surface area contributed by atoms with Crippen molar-refractivity contribution in [2.75, 3.05) is 20.6 Å². The van der Waals surface area contributed by atoms with E-state index in [4.69, 9.17) is 0 Å². The van der Waals surface area contributed by atoms with Crippen molar-refractivity contribution in [2.45, 2.75) is 0 Å². The van der Waals surface area contributed by atoms with E-state index in [9.17, 15) is 14.7 Å². The van der Waals surface area contributed by atoms with Gasteiger partial charge in [-0.3, -0.25) is 9.59 Å². The Labute approximate surface area is 146 Å². The van der Waals surface area contributed by atoms with Crippen LogP contribution in [-0.2, 0) is 9.59 Å². The number of phenolic OH excluding ortho intramolecular Hbond substituents is 1. The summed E-state index contributed by atoms with van der Waals surface area (Å²) in [4.78, 5) is 25.9. The summed E-state index contributed by atoms with van der Waals surface area (Å²) in [5.74, 6) is 5.50. The summed E-state index contributed by atoms with van der Waals surface area (Å²) in [6, 6.07) is 6.50.